The SMILES string of the molecule is C=C1N=C(SC)CN1. The second kappa shape index (κ2) is 2.22. The van der Waals surface area contributed by atoms with Crippen LogP contribution in [0.1, 0.15) is 0 Å². The van der Waals surface area contributed by atoms with E-state index in [4.69, 9.17) is 0 Å². The van der Waals surface area contributed by atoms with Crippen molar-refractivity contribution in [3.05, 3.63) is 12.4 Å². The minimum Gasteiger partial charge on any atom is -0.364 e. The summed E-state index contributed by atoms with van der Waals surface area (Å²) in [7, 11) is 0. The molecule has 1 rings (SSSR count). The third kappa shape index (κ3) is 1.04. The summed E-state index contributed by atoms with van der Waals surface area (Å²) >= 11 is 1.66. The summed E-state index contributed by atoms with van der Waals surface area (Å²) in [6, 6.07) is 0. The highest BCUT2D eigenvalue weighted by Gasteiger charge is 2.04. The molecular weight excluding hydrogens is 120 g/mol. The van der Waals surface area contributed by atoms with Crippen molar-refractivity contribution in [2.24, 2.45) is 4.99 Å². The molecule has 0 aromatic carbocycles. The second-order valence-corrected chi connectivity index (χ2v) is 2.39. The molecule has 0 aliphatic carbocycles. The zero-order valence-electron chi connectivity index (χ0n) is 4.77. The smallest absolute Gasteiger partial charge is 0.119 e. The molecule has 8 heavy (non-hydrogen) atoms. The molecule has 0 spiro atoms. The van der Waals surface area contributed by atoms with Crippen molar-refractivity contribution in [3.8, 4) is 0 Å². The summed E-state index contributed by atoms with van der Waals surface area (Å²) in [6.07, 6.45) is 2.01. The predicted molar refractivity (Wildman–Crippen MR) is 38.1 cm³/mol. The molecule has 3 heteroatoms. The van der Waals surface area contributed by atoms with Gasteiger partial charge in [0, 0.05) is 0 Å². The molecule has 1 heterocycles. The van der Waals surface area contributed by atoms with E-state index < -0.39 is 0 Å². The third-order valence-corrected chi connectivity index (χ3v) is 1.65. The lowest BCUT2D eigenvalue weighted by atomic mass is 10.7. The fourth-order valence-corrected chi connectivity index (χ4v) is 0.943. The molecule has 0 radical (unpaired) electrons. The van der Waals surface area contributed by atoms with Gasteiger partial charge in [-0.05, 0) is 6.26 Å². The molecule has 1 aliphatic rings. The molecule has 0 bridgehead atoms. The Morgan fingerprint density at radius 1 is 1.88 bits per heavy atom. The van der Waals surface area contributed by atoms with Crippen molar-refractivity contribution in [1.82, 2.24) is 5.32 Å². The van der Waals surface area contributed by atoms with E-state index in [0.717, 1.165) is 17.4 Å². The van der Waals surface area contributed by atoms with Crippen LogP contribution in [0.4, 0.5) is 0 Å². The Morgan fingerprint density at radius 3 is 2.88 bits per heavy atom. The first kappa shape index (κ1) is 5.69. The van der Waals surface area contributed by atoms with Gasteiger partial charge in [-0.25, -0.2) is 4.99 Å². The number of aliphatic imine (C=N–C) groups is 1. The average molecular weight is 128 g/mol. The number of hydrogen-bond donors (Lipinski definition) is 1. The topological polar surface area (TPSA) is 24.4 Å². The van der Waals surface area contributed by atoms with E-state index in [1.807, 2.05) is 6.26 Å². The summed E-state index contributed by atoms with van der Waals surface area (Å²) in [4.78, 5) is 4.08. The highest BCUT2D eigenvalue weighted by Crippen LogP contribution is 2.05. The first-order valence-electron chi connectivity index (χ1n) is 2.37. The highest BCUT2D eigenvalue weighted by molar-refractivity contribution is 8.13. The number of rotatable bonds is 0. The van der Waals surface area contributed by atoms with E-state index in [-0.39, 0.29) is 0 Å². The van der Waals surface area contributed by atoms with Gasteiger partial charge < -0.3 is 5.32 Å². The van der Waals surface area contributed by atoms with Crippen molar-refractivity contribution >= 4 is 16.8 Å². The van der Waals surface area contributed by atoms with E-state index in [0.29, 0.717) is 0 Å². The monoisotopic (exact) mass is 128 g/mol. The Bertz CT molecular complexity index is 139. The minimum absolute atomic E-state index is 0.786. The van der Waals surface area contributed by atoms with Crippen molar-refractivity contribution in [1.29, 1.82) is 0 Å². The number of nitrogens with one attached hydrogen (secondary N) is 1. The Labute approximate surface area is 53.1 Å². The third-order valence-electron chi connectivity index (χ3n) is 0.939. The van der Waals surface area contributed by atoms with E-state index in [2.05, 4.69) is 16.9 Å². The van der Waals surface area contributed by atoms with Crippen LogP contribution in [-0.2, 0) is 0 Å². The van der Waals surface area contributed by atoms with Crippen LogP contribution in [0.3, 0.4) is 0 Å². The van der Waals surface area contributed by atoms with E-state index in [1.54, 1.807) is 11.8 Å². The zero-order chi connectivity index (χ0) is 5.98. The molecule has 0 saturated heterocycles. The molecule has 0 aromatic heterocycles. The van der Waals surface area contributed by atoms with Crippen LogP contribution in [0.15, 0.2) is 17.4 Å². The first-order valence-corrected chi connectivity index (χ1v) is 3.59. The quantitative estimate of drug-likeness (QED) is 0.522. The molecule has 0 aromatic rings. The molecule has 0 unspecified atom stereocenters. The zero-order valence-corrected chi connectivity index (χ0v) is 5.59. The number of nitrogens with zero attached hydrogens (tertiary/aromatic N) is 1. The van der Waals surface area contributed by atoms with Gasteiger partial charge in [-0.1, -0.05) is 6.58 Å². The van der Waals surface area contributed by atoms with Crippen LogP contribution < -0.4 is 5.32 Å². The number of thioether (sulfide) groups is 1. The highest BCUT2D eigenvalue weighted by atomic mass is 32.2. The maximum atomic E-state index is 4.08. The van der Waals surface area contributed by atoms with Gasteiger partial charge in [-0.3, -0.25) is 0 Å². The Hall–Kier alpha value is -0.440. The van der Waals surface area contributed by atoms with Crippen LogP contribution in [0.5, 0.6) is 0 Å². The minimum atomic E-state index is 0.786. The summed E-state index contributed by atoms with van der Waals surface area (Å²) in [6.45, 7) is 4.50. The van der Waals surface area contributed by atoms with Crippen molar-refractivity contribution in [2.45, 2.75) is 0 Å². The fraction of sp³-hybridized carbons (Fsp3) is 0.400. The van der Waals surface area contributed by atoms with E-state index in [9.17, 15) is 0 Å². The lowest BCUT2D eigenvalue weighted by molar-refractivity contribution is 0.978. The van der Waals surface area contributed by atoms with Gasteiger partial charge >= 0.3 is 0 Å². The molecule has 0 amide bonds. The molecule has 2 nitrogen and oxygen atoms in total. The van der Waals surface area contributed by atoms with Gasteiger partial charge in [0.2, 0.25) is 0 Å². The molecular formula is C5H8N2S. The van der Waals surface area contributed by atoms with Crippen LogP contribution in [0.25, 0.3) is 0 Å². The van der Waals surface area contributed by atoms with Gasteiger partial charge in [0.1, 0.15) is 5.82 Å². The second-order valence-electron chi connectivity index (χ2n) is 1.51. The van der Waals surface area contributed by atoms with Crippen LogP contribution in [0, 0.1) is 0 Å². The van der Waals surface area contributed by atoms with Gasteiger partial charge in [-0.15, -0.1) is 11.8 Å². The van der Waals surface area contributed by atoms with Crippen molar-refractivity contribution < 1.29 is 0 Å². The molecule has 1 aliphatic heterocycles. The Morgan fingerprint density at radius 2 is 2.62 bits per heavy atom. The summed E-state index contributed by atoms with van der Waals surface area (Å²) < 4.78 is 0. The van der Waals surface area contributed by atoms with Crippen molar-refractivity contribution in [3.63, 3.8) is 0 Å². The van der Waals surface area contributed by atoms with E-state index >= 15 is 0 Å². The summed E-state index contributed by atoms with van der Waals surface area (Å²) in [5.74, 6) is 0.786. The molecule has 1 N–H and O–H groups in total. The van der Waals surface area contributed by atoms with Crippen LogP contribution in [-0.4, -0.2) is 17.8 Å². The fourth-order valence-electron chi connectivity index (χ4n) is 0.525. The standard InChI is InChI=1S/C5H8N2S/c1-4-6-3-5(7-4)8-2/h6H,1,3H2,2H3. The van der Waals surface area contributed by atoms with E-state index in [1.165, 1.54) is 0 Å². The molecule has 0 saturated carbocycles. The lowest BCUT2D eigenvalue weighted by Gasteiger charge is -1.88. The van der Waals surface area contributed by atoms with Gasteiger partial charge in [0.15, 0.2) is 0 Å². The van der Waals surface area contributed by atoms with Gasteiger partial charge in [0.05, 0.1) is 11.6 Å². The Balaban J connectivity index is 2.57. The maximum Gasteiger partial charge on any atom is 0.119 e. The molecule has 0 fully saturated rings. The number of hydrogen-bond acceptors (Lipinski definition) is 3. The lowest BCUT2D eigenvalue weighted by Crippen LogP contribution is -2.08. The molecule has 0 atom stereocenters. The first-order chi connectivity index (χ1) is 3.83. The maximum absolute atomic E-state index is 4.08. The summed E-state index contributed by atoms with van der Waals surface area (Å²) in [5, 5.41) is 4.12. The summed E-state index contributed by atoms with van der Waals surface area (Å²) in [5.41, 5.74) is 0. The van der Waals surface area contributed by atoms with Gasteiger partial charge in [0.25, 0.3) is 0 Å². The molecule has 44 valence electrons. The predicted octanol–water partition coefficient (Wildman–Crippen LogP) is 0.822. The van der Waals surface area contributed by atoms with Crippen molar-refractivity contribution in [2.75, 3.05) is 12.8 Å². The average Bonchev–Trinajstić information content (AvgIpc) is 2.14. The normalized spacial score (nSPS) is 18.1. The van der Waals surface area contributed by atoms with Crippen LogP contribution >= 0.6 is 11.8 Å². The van der Waals surface area contributed by atoms with Crippen LogP contribution in [0.2, 0.25) is 0 Å². The Kier molecular flexibility index (Phi) is 1.58. The largest absolute Gasteiger partial charge is 0.364 e. The van der Waals surface area contributed by atoms with Gasteiger partial charge in [-0.2, -0.15) is 0 Å².